The van der Waals surface area contributed by atoms with Gasteiger partial charge in [0.25, 0.3) is 0 Å². The zero-order valence-corrected chi connectivity index (χ0v) is 10.6. The Kier molecular flexibility index (Phi) is 2.94. The molecule has 2 N–H and O–H groups in total. The minimum absolute atomic E-state index is 0.411. The number of anilines is 1. The first-order valence-corrected chi connectivity index (χ1v) is 5.50. The molecule has 0 unspecified atom stereocenters. The molecule has 0 spiro atoms. The first-order chi connectivity index (χ1) is 8.52. The summed E-state index contributed by atoms with van der Waals surface area (Å²) >= 11 is 0. The molecule has 1 aromatic carbocycles. The quantitative estimate of drug-likeness (QED) is 0.819. The van der Waals surface area contributed by atoms with E-state index in [9.17, 15) is 0 Å². The summed E-state index contributed by atoms with van der Waals surface area (Å²) < 4.78 is 7.53. The molecule has 2 aromatic rings. The van der Waals surface area contributed by atoms with E-state index in [0.29, 0.717) is 17.0 Å². The maximum Gasteiger partial charge on any atom is 0.171 e. The Bertz CT molecular complexity index is 637. The van der Waals surface area contributed by atoms with Crippen molar-refractivity contribution in [1.82, 2.24) is 9.78 Å². The van der Waals surface area contributed by atoms with E-state index in [1.807, 2.05) is 27.0 Å². The topological polar surface area (TPSA) is 76.9 Å². The average molecular weight is 242 g/mol. The molecule has 0 amide bonds. The third-order valence-corrected chi connectivity index (χ3v) is 2.81. The predicted octanol–water partition coefficient (Wildman–Crippen LogP) is 2.28. The molecule has 0 fully saturated rings. The molecule has 92 valence electrons. The van der Waals surface area contributed by atoms with Crippen LogP contribution in [0.1, 0.15) is 17.0 Å². The molecule has 0 aliphatic rings. The second-order valence-corrected chi connectivity index (χ2v) is 4.09. The molecule has 1 aromatic heterocycles. The van der Waals surface area contributed by atoms with Crippen molar-refractivity contribution in [2.75, 3.05) is 5.73 Å². The van der Waals surface area contributed by atoms with Crippen LogP contribution >= 0.6 is 0 Å². The highest BCUT2D eigenvalue weighted by Gasteiger charge is 2.12. The fraction of sp³-hybridized carbons (Fsp3) is 0.231. The molecule has 0 bridgehead atoms. The van der Waals surface area contributed by atoms with Crippen LogP contribution in [0.15, 0.2) is 18.2 Å². The van der Waals surface area contributed by atoms with E-state index in [1.54, 1.807) is 22.9 Å². The standard InChI is InChI=1S/C13H14N4O/c1-8-13(9(2)17(3)16-8)18-11-5-4-10(7-14)12(15)6-11/h4-6H,15H2,1-3H3. The van der Waals surface area contributed by atoms with Gasteiger partial charge in [-0.3, -0.25) is 4.68 Å². The molecule has 1 heterocycles. The Morgan fingerprint density at radius 2 is 2.11 bits per heavy atom. The first kappa shape index (κ1) is 12.0. The summed E-state index contributed by atoms with van der Waals surface area (Å²) in [5, 5.41) is 13.1. The Labute approximate surface area is 105 Å². The Hall–Kier alpha value is -2.48. The van der Waals surface area contributed by atoms with E-state index < -0.39 is 0 Å². The van der Waals surface area contributed by atoms with E-state index in [4.69, 9.17) is 15.7 Å². The van der Waals surface area contributed by atoms with E-state index >= 15 is 0 Å². The van der Waals surface area contributed by atoms with Gasteiger partial charge in [-0.05, 0) is 26.0 Å². The van der Waals surface area contributed by atoms with Crippen LogP contribution in [0.25, 0.3) is 0 Å². The van der Waals surface area contributed by atoms with Crippen LogP contribution in [-0.2, 0) is 7.05 Å². The van der Waals surface area contributed by atoms with Crippen molar-refractivity contribution < 1.29 is 4.74 Å². The zero-order chi connectivity index (χ0) is 13.3. The largest absolute Gasteiger partial charge is 0.453 e. The summed E-state index contributed by atoms with van der Waals surface area (Å²) in [6.07, 6.45) is 0. The molecular formula is C13H14N4O. The van der Waals surface area contributed by atoms with Gasteiger partial charge in [0.15, 0.2) is 5.75 Å². The first-order valence-electron chi connectivity index (χ1n) is 5.50. The van der Waals surface area contributed by atoms with Crippen molar-refractivity contribution in [2.45, 2.75) is 13.8 Å². The summed E-state index contributed by atoms with van der Waals surface area (Å²) in [5.74, 6) is 1.33. The number of rotatable bonds is 2. The lowest BCUT2D eigenvalue weighted by Gasteiger charge is -2.07. The van der Waals surface area contributed by atoms with Gasteiger partial charge >= 0.3 is 0 Å². The number of nitrogens with two attached hydrogens (primary N) is 1. The molecule has 5 heteroatoms. The third kappa shape index (κ3) is 2.00. The summed E-state index contributed by atoms with van der Waals surface area (Å²) in [7, 11) is 1.86. The van der Waals surface area contributed by atoms with Crippen LogP contribution in [0, 0.1) is 25.2 Å². The number of nitrogens with zero attached hydrogens (tertiary/aromatic N) is 3. The molecule has 18 heavy (non-hydrogen) atoms. The van der Waals surface area contributed by atoms with Crippen LogP contribution in [0.5, 0.6) is 11.5 Å². The molecule has 0 aliphatic carbocycles. The second kappa shape index (κ2) is 4.41. The van der Waals surface area contributed by atoms with E-state index in [2.05, 4.69) is 5.10 Å². The van der Waals surface area contributed by atoms with Gasteiger partial charge < -0.3 is 10.5 Å². The maximum absolute atomic E-state index is 8.81. The Morgan fingerprint density at radius 3 is 2.61 bits per heavy atom. The molecule has 0 aliphatic heterocycles. The van der Waals surface area contributed by atoms with E-state index in [0.717, 1.165) is 17.1 Å². The van der Waals surface area contributed by atoms with Crippen LogP contribution in [0.3, 0.4) is 0 Å². The number of benzene rings is 1. The lowest BCUT2D eigenvalue weighted by Crippen LogP contribution is -1.94. The number of nitrogen functional groups attached to an aromatic ring is 1. The number of nitriles is 1. The number of hydrogen-bond donors (Lipinski definition) is 1. The summed E-state index contributed by atoms with van der Waals surface area (Å²) in [6, 6.07) is 7.03. The molecule has 0 radical (unpaired) electrons. The minimum Gasteiger partial charge on any atom is -0.453 e. The Balaban J connectivity index is 2.35. The summed E-state index contributed by atoms with van der Waals surface area (Å²) in [5.41, 5.74) is 8.36. The van der Waals surface area contributed by atoms with Crippen molar-refractivity contribution in [1.29, 1.82) is 5.26 Å². The number of ether oxygens (including phenoxy) is 1. The second-order valence-electron chi connectivity index (χ2n) is 4.09. The minimum atomic E-state index is 0.411. The summed E-state index contributed by atoms with van der Waals surface area (Å²) in [4.78, 5) is 0. The zero-order valence-electron chi connectivity index (χ0n) is 10.6. The van der Waals surface area contributed by atoms with Crippen molar-refractivity contribution in [3.63, 3.8) is 0 Å². The fourth-order valence-corrected chi connectivity index (χ4v) is 1.73. The van der Waals surface area contributed by atoms with E-state index in [1.165, 1.54) is 0 Å². The van der Waals surface area contributed by atoms with Gasteiger partial charge in [0.05, 0.1) is 16.9 Å². The number of hydrogen-bond acceptors (Lipinski definition) is 4. The Morgan fingerprint density at radius 1 is 1.39 bits per heavy atom. The van der Waals surface area contributed by atoms with Gasteiger partial charge in [0.2, 0.25) is 0 Å². The van der Waals surface area contributed by atoms with Crippen LogP contribution in [-0.4, -0.2) is 9.78 Å². The molecule has 0 saturated heterocycles. The van der Waals surface area contributed by atoms with Gasteiger partial charge in [-0.15, -0.1) is 0 Å². The molecule has 0 saturated carbocycles. The smallest absolute Gasteiger partial charge is 0.171 e. The lowest BCUT2D eigenvalue weighted by molar-refractivity contribution is 0.474. The molecular weight excluding hydrogens is 228 g/mol. The van der Waals surface area contributed by atoms with Gasteiger partial charge in [-0.1, -0.05) is 0 Å². The highest BCUT2D eigenvalue weighted by atomic mass is 16.5. The average Bonchev–Trinajstić information content (AvgIpc) is 2.56. The highest BCUT2D eigenvalue weighted by molar-refractivity contribution is 5.57. The highest BCUT2D eigenvalue weighted by Crippen LogP contribution is 2.29. The molecule has 5 nitrogen and oxygen atoms in total. The fourth-order valence-electron chi connectivity index (χ4n) is 1.73. The van der Waals surface area contributed by atoms with Gasteiger partial charge in [0.1, 0.15) is 17.5 Å². The van der Waals surface area contributed by atoms with Crippen molar-refractivity contribution >= 4 is 5.69 Å². The van der Waals surface area contributed by atoms with Crippen LogP contribution < -0.4 is 10.5 Å². The number of aryl methyl sites for hydroxylation is 2. The maximum atomic E-state index is 8.81. The van der Waals surface area contributed by atoms with E-state index in [-0.39, 0.29) is 0 Å². The normalized spacial score (nSPS) is 10.1. The van der Waals surface area contributed by atoms with Gasteiger partial charge in [0, 0.05) is 13.1 Å². The SMILES string of the molecule is Cc1nn(C)c(C)c1Oc1ccc(C#N)c(N)c1. The van der Waals surface area contributed by atoms with Crippen molar-refractivity contribution in [3.05, 3.63) is 35.2 Å². The van der Waals surface area contributed by atoms with Crippen LogP contribution in [0.4, 0.5) is 5.69 Å². The summed E-state index contributed by atoms with van der Waals surface area (Å²) in [6.45, 7) is 3.82. The molecule has 0 atom stereocenters. The molecule has 2 rings (SSSR count). The van der Waals surface area contributed by atoms with Crippen molar-refractivity contribution in [3.8, 4) is 17.6 Å². The third-order valence-electron chi connectivity index (χ3n) is 2.81. The van der Waals surface area contributed by atoms with Crippen LogP contribution in [0.2, 0.25) is 0 Å². The van der Waals surface area contributed by atoms with Gasteiger partial charge in [-0.2, -0.15) is 10.4 Å². The monoisotopic (exact) mass is 242 g/mol. The predicted molar refractivity (Wildman–Crippen MR) is 68.3 cm³/mol. The lowest BCUT2D eigenvalue weighted by atomic mass is 10.2. The number of aromatic nitrogens is 2. The van der Waals surface area contributed by atoms with Gasteiger partial charge in [-0.25, -0.2) is 0 Å². The van der Waals surface area contributed by atoms with Crippen molar-refractivity contribution in [2.24, 2.45) is 7.05 Å².